The lowest BCUT2D eigenvalue weighted by Gasteiger charge is -2.30. The molecule has 1 N–H and O–H groups in total. The lowest BCUT2D eigenvalue weighted by molar-refractivity contribution is -0.153. The standard InChI is InChI=1S/C14H19ClN2O3/c1-8-10(12(15)17(2)16-8)7-14(13(18)19)5-6-20-11(14)9-3-4-9/h9,11H,3-7H2,1-2H3,(H,18,19). The average molecular weight is 299 g/mol. The largest absolute Gasteiger partial charge is 0.481 e. The van der Waals surface area contributed by atoms with Crippen LogP contribution in [0.5, 0.6) is 0 Å². The minimum atomic E-state index is -0.849. The average Bonchev–Trinajstić information content (AvgIpc) is 3.10. The topological polar surface area (TPSA) is 64.4 Å². The van der Waals surface area contributed by atoms with Crippen molar-refractivity contribution < 1.29 is 14.6 Å². The van der Waals surface area contributed by atoms with Crippen molar-refractivity contribution in [1.82, 2.24) is 9.78 Å². The fourth-order valence-electron chi connectivity index (χ4n) is 3.34. The van der Waals surface area contributed by atoms with Crippen LogP contribution in [0.3, 0.4) is 0 Å². The molecule has 1 aromatic rings. The van der Waals surface area contributed by atoms with Gasteiger partial charge in [-0.3, -0.25) is 9.48 Å². The Morgan fingerprint density at radius 2 is 2.30 bits per heavy atom. The number of hydrogen-bond acceptors (Lipinski definition) is 3. The van der Waals surface area contributed by atoms with E-state index in [-0.39, 0.29) is 6.10 Å². The summed E-state index contributed by atoms with van der Waals surface area (Å²) in [6.07, 6.45) is 2.91. The molecular formula is C14H19ClN2O3. The smallest absolute Gasteiger partial charge is 0.312 e. The fourth-order valence-corrected chi connectivity index (χ4v) is 3.58. The van der Waals surface area contributed by atoms with Crippen LogP contribution in [-0.2, 0) is 23.0 Å². The number of aryl methyl sites for hydroxylation is 2. The molecule has 110 valence electrons. The van der Waals surface area contributed by atoms with Crippen LogP contribution < -0.4 is 0 Å². The number of carbonyl (C=O) groups is 1. The normalized spacial score (nSPS) is 29.9. The van der Waals surface area contributed by atoms with Crippen LogP contribution in [0.1, 0.15) is 30.5 Å². The van der Waals surface area contributed by atoms with Crippen LogP contribution in [0.2, 0.25) is 5.15 Å². The Bertz CT molecular complexity index is 553. The number of halogens is 1. The molecule has 6 heteroatoms. The quantitative estimate of drug-likeness (QED) is 0.925. The van der Waals surface area contributed by atoms with E-state index in [1.165, 1.54) is 0 Å². The van der Waals surface area contributed by atoms with Crippen LogP contribution in [-0.4, -0.2) is 33.6 Å². The van der Waals surface area contributed by atoms with Crippen molar-refractivity contribution in [3.63, 3.8) is 0 Å². The molecule has 0 amide bonds. The van der Waals surface area contributed by atoms with E-state index in [0.717, 1.165) is 24.1 Å². The number of nitrogens with zero attached hydrogens (tertiary/aromatic N) is 2. The van der Waals surface area contributed by atoms with Gasteiger partial charge in [0.15, 0.2) is 0 Å². The van der Waals surface area contributed by atoms with Gasteiger partial charge in [-0.25, -0.2) is 0 Å². The third-order valence-corrected chi connectivity index (χ3v) is 5.10. The molecule has 0 radical (unpaired) electrons. The molecular weight excluding hydrogens is 280 g/mol. The number of carboxylic acid groups (broad SMARTS) is 1. The van der Waals surface area contributed by atoms with Gasteiger partial charge >= 0.3 is 5.97 Å². The fraction of sp³-hybridized carbons (Fsp3) is 0.714. The van der Waals surface area contributed by atoms with E-state index in [1.807, 2.05) is 6.92 Å². The Morgan fingerprint density at radius 1 is 1.60 bits per heavy atom. The summed E-state index contributed by atoms with van der Waals surface area (Å²) in [6, 6.07) is 0. The van der Waals surface area contributed by atoms with Gasteiger partial charge in [-0.2, -0.15) is 5.10 Å². The van der Waals surface area contributed by atoms with E-state index >= 15 is 0 Å². The van der Waals surface area contributed by atoms with Crippen molar-refractivity contribution in [2.45, 2.75) is 38.7 Å². The Labute approximate surface area is 122 Å². The van der Waals surface area contributed by atoms with E-state index in [9.17, 15) is 9.90 Å². The third kappa shape index (κ3) is 2.04. The second-order valence-electron chi connectivity index (χ2n) is 6.00. The van der Waals surface area contributed by atoms with Crippen molar-refractivity contribution in [3.05, 3.63) is 16.4 Å². The second-order valence-corrected chi connectivity index (χ2v) is 6.35. The van der Waals surface area contributed by atoms with Gasteiger partial charge in [0, 0.05) is 19.2 Å². The number of rotatable bonds is 4. The monoisotopic (exact) mass is 298 g/mol. The number of aliphatic carboxylic acids is 1. The predicted molar refractivity (Wildman–Crippen MR) is 73.8 cm³/mol. The van der Waals surface area contributed by atoms with Gasteiger partial charge in [-0.1, -0.05) is 11.6 Å². The summed E-state index contributed by atoms with van der Waals surface area (Å²) in [4.78, 5) is 11.9. The first-order valence-electron chi connectivity index (χ1n) is 6.98. The Kier molecular flexibility index (Phi) is 3.29. The molecule has 1 aliphatic heterocycles. The minimum absolute atomic E-state index is 0.185. The molecule has 2 aliphatic rings. The van der Waals surface area contributed by atoms with Crippen LogP contribution in [0, 0.1) is 18.3 Å². The highest BCUT2D eigenvalue weighted by Crippen LogP contribution is 2.50. The molecule has 20 heavy (non-hydrogen) atoms. The van der Waals surface area contributed by atoms with Crippen LogP contribution >= 0.6 is 11.6 Å². The molecule has 2 fully saturated rings. The molecule has 3 rings (SSSR count). The van der Waals surface area contributed by atoms with E-state index in [1.54, 1.807) is 11.7 Å². The third-order valence-electron chi connectivity index (χ3n) is 4.63. The summed E-state index contributed by atoms with van der Waals surface area (Å²) >= 11 is 6.27. The van der Waals surface area contributed by atoms with Crippen molar-refractivity contribution >= 4 is 17.6 Å². The van der Waals surface area contributed by atoms with Crippen molar-refractivity contribution in [1.29, 1.82) is 0 Å². The molecule has 0 bridgehead atoms. The van der Waals surface area contributed by atoms with Crippen molar-refractivity contribution in [2.75, 3.05) is 6.61 Å². The lowest BCUT2D eigenvalue weighted by atomic mass is 9.74. The zero-order valence-electron chi connectivity index (χ0n) is 11.7. The number of carboxylic acids is 1. The molecule has 0 aromatic carbocycles. The Balaban J connectivity index is 1.97. The van der Waals surface area contributed by atoms with Gasteiger partial charge in [-0.05, 0) is 38.5 Å². The number of aromatic nitrogens is 2. The molecule has 2 unspecified atom stereocenters. The molecule has 2 heterocycles. The SMILES string of the molecule is Cc1nn(C)c(Cl)c1CC1(C(=O)O)CCOC1C1CC1. The summed E-state index contributed by atoms with van der Waals surface area (Å²) in [5.41, 5.74) is 0.797. The molecule has 2 atom stereocenters. The molecule has 1 saturated heterocycles. The molecule has 1 aromatic heterocycles. The van der Waals surface area contributed by atoms with Crippen molar-refractivity contribution in [2.24, 2.45) is 18.4 Å². The van der Waals surface area contributed by atoms with E-state index in [4.69, 9.17) is 16.3 Å². The summed E-state index contributed by atoms with van der Waals surface area (Å²) in [5.74, 6) is -0.379. The molecule has 1 saturated carbocycles. The Hall–Kier alpha value is -1.07. The first-order valence-corrected chi connectivity index (χ1v) is 7.36. The summed E-state index contributed by atoms with van der Waals surface area (Å²) < 4.78 is 7.36. The van der Waals surface area contributed by atoms with E-state index in [0.29, 0.717) is 30.5 Å². The highest BCUT2D eigenvalue weighted by Gasteiger charge is 2.56. The second kappa shape index (κ2) is 4.74. The maximum atomic E-state index is 11.9. The summed E-state index contributed by atoms with van der Waals surface area (Å²) in [5, 5.41) is 14.6. The molecule has 5 nitrogen and oxygen atoms in total. The van der Waals surface area contributed by atoms with Gasteiger partial charge in [0.05, 0.1) is 11.8 Å². The lowest BCUT2D eigenvalue weighted by Crippen LogP contribution is -2.42. The van der Waals surface area contributed by atoms with Crippen LogP contribution in [0.25, 0.3) is 0 Å². The summed E-state index contributed by atoms with van der Waals surface area (Å²) in [6.45, 7) is 2.39. The first kappa shape index (κ1) is 13.9. The van der Waals surface area contributed by atoms with Crippen molar-refractivity contribution in [3.8, 4) is 0 Å². The van der Waals surface area contributed by atoms with Crippen LogP contribution in [0.4, 0.5) is 0 Å². The first-order chi connectivity index (χ1) is 9.45. The zero-order chi connectivity index (χ0) is 14.5. The number of hydrogen-bond donors (Lipinski definition) is 1. The number of ether oxygens (including phenoxy) is 1. The molecule has 1 aliphatic carbocycles. The Morgan fingerprint density at radius 3 is 2.80 bits per heavy atom. The highest BCUT2D eigenvalue weighted by molar-refractivity contribution is 6.30. The minimum Gasteiger partial charge on any atom is -0.481 e. The van der Waals surface area contributed by atoms with Crippen LogP contribution in [0.15, 0.2) is 0 Å². The van der Waals surface area contributed by atoms with Gasteiger partial charge in [-0.15, -0.1) is 0 Å². The van der Waals surface area contributed by atoms with Gasteiger partial charge in [0.1, 0.15) is 10.6 Å². The van der Waals surface area contributed by atoms with Gasteiger partial charge < -0.3 is 9.84 Å². The predicted octanol–water partition coefficient (Wildman–Crippen LogP) is 2.19. The maximum Gasteiger partial charge on any atom is 0.312 e. The van der Waals surface area contributed by atoms with E-state index in [2.05, 4.69) is 5.10 Å². The highest BCUT2D eigenvalue weighted by atomic mass is 35.5. The van der Waals surface area contributed by atoms with E-state index < -0.39 is 11.4 Å². The zero-order valence-corrected chi connectivity index (χ0v) is 12.5. The summed E-state index contributed by atoms with van der Waals surface area (Å²) in [7, 11) is 1.77. The van der Waals surface area contributed by atoms with Gasteiger partial charge in [0.25, 0.3) is 0 Å². The van der Waals surface area contributed by atoms with Gasteiger partial charge in [0.2, 0.25) is 0 Å². The molecule has 0 spiro atoms. The maximum absolute atomic E-state index is 11.9.